The molecule has 0 aromatic carbocycles. The Labute approximate surface area is 135 Å². The van der Waals surface area contributed by atoms with Gasteiger partial charge in [-0.05, 0) is 43.9 Å². The SMILES string of the molecule is CCCCN(C(C)CC)C(CN)c1ccc(C(C)(C)C)s1. The van der Waals surface area contributed by atoms with Crippen molar-refractivity contribution >= 4 is 11.3 Å². The van der Waals surface area contributed by atoms with Crippen LogP contribution in [0.4, 0.5) is 0 Å². The van der Waals surface area contributed by atoms with E-state index in [9.17, 15) is 0 Å². The maximum absolute atomic E-state index is 6.15. The maximum atomic E-state index is 6.15. The second-order valence-corrected chi connectivity index (χ2v) is 8.17. The molecule has 2 atom stereocenters. The van der Waals surface area contributed by atoms with Gasteiger partial charge in [-0.25, -0.2) is 0 Å². The second kappa shape index (κ2) is 8.30. The van der Waals surface area contributed by atoms with Gasteiger partial charge in [0.25, 0.3) is 0 Å². The van der Waals surface area contributed by atoms with Gasteiger partial charge in [-0.1, -0.05) is 41.0 Å². The summed E-state index contributed by atoms with van der Waals surface area (Å²) < 4.78 is 0. The van der Waals surface area contributed by atoms with Gasteiger partial charge in [0.15, 0.2) is 0 Å². The summed E-state index contributed by atoms with van der Waals surface area (Å²) in [6, 6.07) is 5.54. The Balaban J connectivity index is 2.99. The zero-order valence-electron chi connectivity index (χ0n) is 14.8. The average Bonchev–Trinajstić information content (AvgIpc) is 2.92. The van der Waals surface area contributed by atoms with Crippen LogP contribution in [-0.2, 0) is 5.41 Å². The normalized spacial score (nSPS) is 15.4. The number of thiophene rings is 1. The van der Waals surface area contributed by atoms with Crippen molar-refractivity contribution in [2.45, 2.75) is 78.3 Å². The van der Waals surface area contributed by atoms with Crippen molar-refractivity contribution in [3.05, 3.63) is 21.9 Å². The molecule has 21 heavy (non-hydrogen) atoms. The minimum absolute atomic E-state index is 0.229. The summed E-state index contributed by atoms with van der Waals surface area (Å²) in [4.78, 5) is 5.50. The summed E-state index contributed by atoms with van der Waals surface area (Å²) in [6.07, 6.45) is 3.66. The third-order valence-corrected chi connectivity index (χ3v) is 5.86. The maximum Gasteiger partial charge on any atom is 0.0566 e. The van der Waals surface area contributed by atoms with Crippen LogP contribution in [0.2, 0.25) is 0 Å². The predicted molar refractivity (Wildman–Crippen MR) is 96.2 cm³/mol. The molecule has 1 aromatic heterocycles. The van der Waals surface area contributed by atoms with Crippen molar-refractivity contribution in [3.8, 4) is 0 Å². The van der Waals surface area contributed by atoms with Crippen LogP contribution in [0.25, 0.3) is 0 Å². The number of hydrogen-bond acceptors (Lipinski definition) is 3. The highest BCUT2D eigenvalue weighted by molar-refractivity contribution is 7.12. The molecule has 0 saturated heterocycles. The van der Waals surface area contributed by atoms with E-state index in [4.69, 9.17) is 5.73 Å². The number of hydrogen-bond donors (Lipinski definition) is 1. The number of nitrogens with zero attached hydrogens (tertiary/aromatic N) is 1. The van der Waals surface area contributed by atoms with Crippen LogP contribution in [0.5, 0.6) is 0 Å². The molecule has 1 aromatic rings. The van der Waals surface area contributed by atoms with Crippen LogP contribution in [-0.4, -0.2) is 24.0 Å². The second-order valence-electron chi connectivity index (χ2n) is 7.05. The fourth-order valence-electron chi connectivity index (χ4n) is 2.61. The van der Waals surface area contributed by atoms with Crippen molar-refractivity contribution in [2.24, 2.45) is 5.73 Å². The van der Waals surface area contributed by atoms with Gasteiger partial charge in [0, 0.05) is 22.3 Å². The summed E-state index contributed by atoms with van der Waals surface area (Å²) in [5.74, 6) is 0. The van der Waals surface area contributed by atoms with Gasteiger partial charge in [0.2, 0.25) is 0 Å². The monoisotopic (exact) mass is 310 g/mol. The van der Waals surface area contributed by atoms with Gasteiger partial charge < -0.3 is 5.73 Å². The molecule has 0 aliphatic carbocycles. The molecule has 0 aliphatic rings. The van der Waals surface area contributed by atoms with Crippen LogP contribution in [0, 0.1) is 0 Å². The molecular formula is C18H34N2S. The number of nitrogens with two attached hydrogens (primary N) is 1. The Hall–Kier alpha value is -0.380. The lowest BCUT2D eigenvalue weighted by Crippen LogP contribution is -2.40. The lowest BCUT2D eigenvalue weighted by atomic mass is 9.95. The van der Waals surface area contributed by atoms with Gasteiger partial charge in [-0.15, -0.1) is 11.3 Å². The molecule has 3 heteroatoms. The zero-order chi connectivity index (χ0) is 16.0. The van der Waals surface area contributed by atoms with Crippen LogP contribution in [0.3, 0.4) is 0 Å². The summed E-state index contributed by atoms with van der Waals surface area (Å²) in [7, 11) is 0. The van der Waals surface area contributed by atoms with Crippen LogP contribution in [0.1, 0.15) is 76.6 Å². The average molecular weight is 311 g/mol. The molecule has 2 nitrogen and oxygen atoms in total. The van der Waals surface area contributed by atoms with E-state index in [0.29, 0.717) is 18.6 Å². The van der Waals surface area contributed by atoms with Gasteiger partial charge in [0.1, 0.15) is 0 Å². The topological polar surface area (TPSA) is 29.3 Å². The Morgan fingerprint density at radius 2 is 1.90 bits per heavy atom. The number of rotatable bonds is 8. The standard InChI is InChI=1S/C18H34N2S/c1-7-9-12-20(14(3)8-2)15(13-19)16-10-11-17(21-16)18(4,5)6/h10-11,14-15H,7-9,12-13,19H2,1-6H3. The molecule has 0 fully saturated rings. The lowest BCUT2D eigenvalue weighted by Gasteiger charge is -2.35. The highest BCUT2D eigenvalue weighted by atomic mass is 32.1. The largest absolute Gasteiger partial charge is 0.329 e. The van der Waals surface area contributed by atoms with Crippen molar-refractivity contribution in [3.63, 3.8) is 0 Å². The predicted octanol–water partition coefficient (Wildman–Crippen LogP) is 4.95. The molecule has 0 aliphatic heterocycles. The zero-order valence-corrected chi connectivity index (χ0v) is 15.6. The first kappa shape index (κ1) is 18.7. The molecule has 0 radical (unpaired) electrons. The summed E-state index contributed by atoms with van der Waals surface area (Å²) in [5, 5.41) is 0. The summed E-state index contributed by atoms with van der Waals surface area (Å²) >= 11 is 1.94. The van der Waals surface area contributed by atoms with Crippen LogP contribution in [0.15, 0.2) is 12.1 Å². The van der Waals surface area contributed by atoms with E-state index < -0.39 is 0 Å². The van der Waals surface area contributed by atoms with Gasteiger partial charge in [0.05, 0.1) is 6.04 Å². The lowest BCUT2D eigenvalue weighted by molar-refractivity contribution is 0.143. The Morgan fingerprint density at radius 3 is 2.33 bits per heavy atom. The molecule has 0 spiro atoms. The van der Waals surface area contributed by atoms with Crippen LogP contribution < -0.4 is 5.73 Å². The molecular weight excluding hydrogens is 276 g/mol. The Morgan fingerprint density at radius 1 is 1.24 bits per heavy atom. The first-order valence-electron chi connectivity index (χ1n) is 8.41. The van der Waals surface area contributed by atoms with E-state index in [2.05, 4.69) is 58.6 Å². The van der Waals surface area contributed by atoms with Crippen molar-refractivity contribution in [1.82, 2.24) is 4.90 Å². The van der Waals surface area contributed by atoms with E-state index in [-0.39, 0.29) is 5.41 Å². The van der Waals surface area contributed by atoms with Gasteiger partial charge in [-0.2, -0.15) is 0 Å². The highest BCUT2D eigenvalue weighted by Crippen LogP contribution is 2.35. The Kier molecular flexibility index (Phi) is 7.38. The molecule has 0 saturated carbocycles. The third kappa shape index (κ3) is 5.08. The van der Waals surface area contributed by atoms with Crippen molar-refractivity contribution < 1.29 is 0 Å². The molecule has 1 rings (SSSR count). The molecule has 1 heterocycles. The minimum Gasteiger partial charge on any atom is -0.329 e. The Bertz CT molecular complexity index is 406. The summed E-state index contributed by atoms with van der Waals surface area (Å²) in [6.45, 7) is 15.6. The highest BCUT2D eigenvalue weighted by Gasteiger charge is 2.25. The quantitative estimate of drug-likeness (QED) is 0.736. The van der Waals surface area contributed by atoms with E-state index in [0.717, 1.165) is 6.54 Å². The van der Waals surface area contributed by atoms with Gasteiger partial charge in [-0.3, -0.25) is 4.90 Å². The molecule has 2 N–H and O–H groups in total. The summed E-state index contributed by atoms with van der Waals surface area (Å²) in [5.41, 5.74) is 6.38. The molecule has 2 unspecified atom stereocenters. The fourth-order valence-corrected chi connectivity index (χ4v) is 3.81. The van der Waals surface area contributed by atoms with E-state index in [1.165, 1.54) is 29.0 Å². The smallest absolute Gasteiger partial charge is 0.0566 e. The third-order valence-electron chi connectivity index (χ3n) is 4.24. The molecule has 122 valence electrons. The number of unbranched alkanes of at least 4 members (excludes halogenated alkanes) is 1. The van der Waals surface area contributed by atoms with E-state index in [1.807, 2.05) is 11.3 Å². The fraction of sp³-hybridized carbons (Fsp3) is 0.778. The molecule has 0 amide bonds. The van der Waals surface area contributed by atoms with Crippen LogP contribution >= 0.6 is 11.3 Å². The van der Waals surface area contributed by atoms with Gasteiger partial charge >= 0.3 is 0 Å². The first-order valence-corrected chi connectivity index (χ1v) is 9.22. The van der Waals surface area contributed by atoms with Crippen molar-refractivity contribution in [1.29, 1.82) is 0 Å². The van der Waals surface area contributed by atoms with E-state index >= 15 is 0 Å². The van der Waals surface area contributed by atoms with E-state index in [1.54, 1.807) is 0 Å². The minimum atomic E-state index is 0.229. The first-order chi connectivity index (χ1) is 9.85. The van der Waals surface area contributed by atoms with Crippen molar-refractivity contribution in [2.75, 3.05) is 13.1 Å². The molecule has 0 bridgehead atoms.